The third-order valence-corrected chi connectivity index (χ3v) is 3.51. The van der Waals surface area contributed by atoms with E-state index in [-0.39, 0.29) is 5.91 Å². The molecule has 0 spiro atoms. The smallest absolute Gasteiger partial charge is 0.261 e. The lowest BCUT2D eigenvalue weighted by molar-refractivity contribution is -0.127. The normalized spacial score (nSPS) is 19.9. The van der Waals surface area contributed by atoms with E-state index in [2.05, 4.69) is 21.2 Å². The molecule has 4 nitrogen and oxygen atoms in total. The molecule has 2 rings (SSSR count). The zero-order valence-corrected chi connectivity index (χ0v) is 11.8. The van der Waals surface area contributed by atoms with Crippen LogP contribution in [0.1, 0.15) is 19.3 Å². The molecule has 1 fully saturated rings. The molecule has 0 saturated carbocycles. The van der Waals surface area contributed by atoms with Crippen LogP contribution in [0.3, 0.4) is 0 Å². The predicted molar refractivity (Wildman–Crippen MR) is 72.0 cm³/mol. The van der Waals surface area contributed by atoms with Crippen LogP contribution >= 0.6 is 15.9 Å². The summed E-state index contributed by atoms with van der Waals surface area (Å²) < 4.78 is 11.7. The van der Waals surface area contributed by atoms with Gasteiger partial charge in [-0.1, -0.05) is 0 Å². The van der Waals surface area contributed by atoms with Crippen LogP contribution in [0.2, 0.25) is 0 Å². The van der Waals surface area contributed by atoms with E-state index in [0.717, 1.165) is 36.0 Å². The molecule has 1 atom stereocenters. The third-order valence-electron chi connectivity index (χ3n) is 2.89. The van der Waals surface area contributed by atoms with E-state index in [4.69, 9.17) is 9.47 Å². The van der Waals surface area contributed by atoms with Crippen LogP contribution in [-0.4, -0.2) is 25.7 Å². The molecule has 18 heavy (non-hydrogen) atoms. The largest absolute Gasteiger partial charge is 0.497 e. The lowest BCUT2D eigenvalue weighted by Gasteiger charge is -2.17. The summed E-state index contributed by atoms with van der Waals surface area (Å²) in [7, 11) is 1.61. The zero-order valence-electron chi connectivity index (χ0n) is 10.2. The molecular weight excluding hydrogens is 298 g/mol. The lowest BCUT2D eigenvalue weighted by Crippen LogP contribution is -2.36. The van der Waals surface area contributed by atoms with Gasteiger partial charge in [0.2, 0.25) is 0 Å². The Morgan fingerprint density at radius 3 is 2.94 bits per heavy atom. The Hall–Kier alpha value is -1.23. The fourth-order valence-electron chi connectivity index (χ4n) is 1.88. The molecule has 1 aliphatic rings. The van der Waals surface area contributed by atoms with Crippen molar-refractivity contribution in [3.05, 3.63) is 22.7 Å². The number of benzene rings is 1. The molecule has 0 bridgehead atoms. The molecule has 0 aromatic heterocycles. The molecule has 1 unspecified atom stereocenters. The van der Waals surface area contributed by atoms with Crippen molar-refractivity contribution in [2.75, 3.05) is 13.7 Å². The minimum absolute atomic E-state index is 0.0322. The van der Waals surface area contributed by atoms with Crippen LogP contribution in [-0.2, 0) is 4.79 Å². The maximum absolute atomic E-state index is 11.8. The van der Waals surface area contributed by atoms with Crippen molar-refractivity contribution in [1.29, 1.82) is 0 Å². The Kier molecular flexibility index (Phi) is 4.47. The summed E-state index contributed by atoms with van der Waals surface area (Å²) in [6.07, 6.45) is 2.36. The molecule has 1 saturated heterocycles. The van der Waals surface area contributed by atoms with Gasteiger partial charge in [0.15, 0.2) is 6.10 Å². The number of carbonyl (C=O) groups excluding carboxylic acids is 1. The highest BCUT2D eigenvalue weighted by Gasteiger charge is 2.23. The van der Waals surface area contributed by atoms with E-state index in [0.29, 0.717) is 5.75 Å². The highest BCUT2D eigenvalue weighted by Crippen LogP contribution is 2.30. The van der Waals surface area contributed by atoms with E-state index in [1.54, 1.807) is 13.2 Å². The van der Waals surface area contributed by atoms with Gasteiger partial charge < -0.3 is 14.8 Å². The molecule has 1 aliphatic heterocycles. The third kappa shape index (κ3) is 3.16. The Morgan fingerprint density at radius 2 is 2.22 bits per heavy atom. The van der Waals surface area contributed by atoms with Crippen molar-refractivity contribution in [2.45, 2.75) is 25.4 Å². The quantitative estimate of drug-likeness (QED) is 0.932. The van der Waals surface area contributed by atoms with Crippen LogP contribution < -0.4 is 14.8 Å². The highest BCUT2D eigenvalue weighted by atomic mass is 79.9. The van der Waals surface area contributed by atoms with E-state index in [9.17, 15) is 4.79 Å². The van der Waals surface area contributed by atoms with Gasteiger partial charge in [0, 0.05) is 6.54 Å². The van der Waals surface area contributed by atoms with E-state index < -0.39 is 6.10 Å². The summed E-state index contributed by atoms with van der Waals surface area (Å²) in [6, 6.07) is 5.44. The van der Waals surface area contributed by atoms with Gasteiger partial charge in [-0.3, -0.25) is 4.79 Å². The zero-order chi connectivity index (χ0) is 13.0. The molecule has 1 aromatic rings. The Labute approximate surface area is 115 Å². The second-order valence-corrected chi connectivity index (χ2v) is 5.04. The van der Waals surface area contributed by atoms with Crippen molar-refractivity contribution in [1.82, 2.24) is 5.32 Å². The number of amides is 1. The molecule has 0 radical (unpaired) electrons. The van der Waals surface area contributed by atoms with Gasteiger partial charge in [-0.05, 0) is 53.4 Å². The second kappa shape index (κ2) is 6.09. The number of nitrogens with one attached hydrogen (secondary N) is 1. The highest BCUT2D eigenvalue weighted by molar-refractivity contribution is 9.10. The average molecular weight is 314 g/mol. The first-order valence-electron chi connectivity index (χ1n) is 5.98. The van der Waals surface area contributed by atoms with Crippen molar-refractivity contribution >= 4 is 21.8 Å². The van der Waals surface area contributed by atoms with Crippen molar-refractivity contribution in [3.63, 3.8) is 0 Å². The Bertz CT molecular complexity index is 436. The number of ether oxygens (including phenoxy) is 2. The van der Waals surface area contributed by atoms with Crippen LogP contribution in [0.4, 0.5) is 0 Å². The standard InChI is InChI=1S/C13H16BrNO3/c1-17-9-5-6-11(10(14)8-9)18-12-4-2-3-7-15-13(12)16/h5-6,8,12H,2-4,7H2,1H3,(H,15,16). The van der Waals surface area contributed by atoms with Crippen molar-refractivity contribution < 1.29 is 14.3 Å². The molecule has 1 aromatic carbocycles. The Balaban J connectivity index is 2.10. The van der Waals surface area contributed by atoms with Gasteiger partial charge in [0.05, 0.1) is 11.6 Å². The van der Waals surface area contributed by atoms with Gasteiger partial charge >= 0.3 is 0 Å². The molecule has 98 valence electrons. The van der Waals surface area contributed by atoms with E-state index in [1.165, 1.54) is 0 Å². The second-order valence-electron chi connectivity index (χ2n) is 4.19. The average Bonchev–Trinajstić information content (AvgIpc) is 2.57. The summed E-state index contributed by atoms with van der Waals surface area (Å²) in [5.41, 5.74) is 0. The molecule has 1 N–H and O–H groups in total. The number of hydrogen-bond donors (Lipinski definition) is 1. The summed E-state index contributed by atoms with van der Waals surface area (Å²) in [4.78, 5) is 11.8. The molecule has 0 aliphatic carbocycles. The molecular formula is C13H16BrNO3. The molecule has 1 amide bonds. The first-order chi connectivity index (χ1) is 8.70. The van der Waals surface area contributed by atoms with E-state index >= 15 is 0 Å². The van der Waals surface area contributed by atoms with Crippen LogP contribution in [0.5, 0.6) is 11.5 Å². The van der Waals surface area contributed by atoms with Crippen LogP contribution in [0.15, 0.2) is 22.7 Å². The maximum Gasteiger partial charge on any atom is 0.261 e. The SMILES string of the molecule is COc1ccc(OC2CCCCNC2=O)c(Br)c1. The first kappa shape index (κ1) is 13.2. The lowest BCUT2D eigenvalue weighted by atomic mass is 10.2. The van der Waals surface area contributed by atoms with Gasteiger partial charge in [-0.25, -0.2) is 0 Å². The summed E-state index contributed by atoms with van der Waals surface area (Å²) in [5, 5.41) is 2.85. The summed E-state index contributed by atoms with van der Waals surface area (Å²) >= 11 is 3.42. The van der Waals surface area contributed by atoms with Crippen LogP contribution in [0, 0.1) is 0 Å². The van der Waals surface area contributed by atoms with Gasteiger partial charge in [-0.15, -0.1) is 0 Å². The van der Waals surface area contributed by atoms with Crippen molar-refractivity contribution in [2.24, 2.45) is 0 Å². The monoisotopic (exact) mass is 313 g/mol. The number of carbonyl (C=O) groups is 1. The fraction of sp³-hybridized carbons (Fsp3) is 0.462. The van der Waals surface area contributed by atoms with Crippen molar-refractivity contribution in [3.8, 4) is 11.5 Å². The fourth-order valence-corrected chi connectivity index (χ4v) is 2.33. The molecule has 5 heteroatoms. The molecule has 1 heterocycles. The number of methoxy groups -OCH3 is 1. The number of rotatable bonds is 3. The first-order valence-corrected chi connectivity index (χ1v) is 6.78. The summed E-state index contributed by atoms with van der Waals surface area (Å²) in [6.45, 7) is 0.739. The van der Waals surface area contributed by atoms with Gasteiger partial charge in [0.1, 0.15) is 11.5 Å². The predicted octanol–water partition coefficient (Wildman–Crippen LogP) is 2.51. The topological polar surface area (TPSA) is 47.6 Å². The number of hydrogen-bond acceptors (Lipinski definition) is 3. The van der Waals surface area contributed by atoms with Gasteiger partial charge in [-0.2, -0.15) is 0 Å². The van der Waals surface area contributed by atoms with Gasteiger partial charge in [0.25, 0.3) is 5.91 Å². The maximum atomic E-state index is 11.8. The summed E-state index contributed by atoms with van der Waals surface area (Å²) in [5.74, 6) is 1.38. The minimum Gasteiger partial charge on any atom is -0.497 e. The number of halogens is 1. The Morgan fingerprint density at radius 1 is 1.39 bits per heavy atom. The van der Waals surface area contributed by atoms with Crippen LogP contribution in [0.25, 0.3) is 0 Å². The minimum atomic E-state index is -0.405. The van der Waals surface area contributed by atoms with E-state index in [1.807, 2.05) is 12.1 Å².